The fraction of sp³-hybridized carbons (Fsp3) is 0.250. The second-order valence-electron chi connectivity index (χ2n) is 5.65. The zero-order valence-corrected chi connectivity index (χ0v) is 13.8. The van der Waals surface area contributed by atoms with Gasteiger partial charge in [0, 0.05) is 17.1 Å². The average Bonchev–Trinajstić information content (AvgIpc) is 3.06. The second-order valence-corrected chi connectivity index (χ2v) is 6.65. The van der Waals surface area contributed by atoms with Crippen molar-refractivity contribution in [1.82, 2.24) is 19.7 Å². The molecule has 23 heavy (non-hydrogen) atoms. The Hall–Kier alpha value is -2.54. The molecule has 0 bridgehead atoms. The van der Waals surface area contributed by atoms with E-state index < -0.39 is 0 Å². The normalized spacial score (nSPS) is 11.6. The molecule has 0 aliphatic carbocycles. The lowest BCUT2D eigenvalue weighted by molar-refractivity contribution is 0.388. The van der Waals surface area contributed by atoms with Gasteiger partial charge in [0.05, 0.1) is 18.4 Å². The second kappa shape index (κ2) is 4.99. The molecule has 4 heterocycles. The molecule has 4 aromatic rings. The van der Waals surface area contributed by atoms with E-state index >= 15 is 0 Å². The maximum Gasteiger partial charge on any atom is 0.271 e. The highest BCUT2D eigenvalue weighted by Gasteiger charge is 2.15. The van der Waals surface area contributed by atoms with E-state index in [1.807, 2.05) is 32.9 Å². The fourth-order valence-electron chi connectivity index (χ4n) is 2.78. The van der Waals surface area contributed by atoms with Crippen LogP contribution in [0.5, 0.6) is 0 Å². The molecule has 4 rings (SSSR count). The van der Waals surface area contributed by atoms with Crippen LogP contribution < -0.4 is 5.56 Å². The van der Waals surface area contributed by atoms with Gasteiger partial charge in [-0.3, -0.25) is 9.36 Å². The molecule has 0 N–H and O–H groups in total. The molecule has 4 aromatic heterocycles. The molecular formula is C16H14N4O2S. The minimum absolute atomic E-state index is 0.0734. The fourth-order valence-corrected chi connectivity index (χ4v) is 3.98. The summed E-state index contributed by atoms with van der Waals surface area (Å²) in [4.78, 5) is 22.6. The molecule has 0 aliphatic rings. The Kier molecular flexibility index (Phi) is 3.05. The van der Waals surface area contributed by atoms with Crippen LogP contribution in [0.3, 0.4) is 0 Å². The predicted octanol–water partition coefficient (Wildman–Crippen LogP) is 2.97. The highest BCUT2D eigenvalue weighted by Crippen LogP contribution is 2.31. The summed E-state index contributed by atoms with van der Waals surface area (Å²) in [6.07, 6.45) is 1.57. The third kappa shape index (κ3) is 2.24. The van der Waals surface area contributed by atoms with Crippen LogP contribution in [0.1, 0.15) is 22.7 Å². The Morgan fingerprint density at radius 3 is 2.83 bits per heavy atom. The van der Waals surface area contributed by atoms with Gasteiger partial charge in [-0.2, -0.15) is 0 Å². The van der Waals surface area contributed by atoms with E-state index in [1.54, 1.807) is 10.9 Å². The van der Waals surface area contributed by atoms with Crippen molar-refractivity contribution in [2.24, 2.45) is 0 Å². The standard InChI is InChI=1S/C16H14N4O2S/c1-8-4-9(2)18-15-12(8)13-14(23-15)16(21)20(7-17-13)6-11-5-10(3)22-19-11/h4-5,7H,6H2,1-3H3. The Balaban J connectivity index is 1.93. The number of aryl methyl sites for hydroxylation is 3. The van der Waals surface area contributed by atoms with Gasteiger partial charge in [0.25, 0.3) is 5.56 Å². The van der Waals surface area contributed by atoms with E-state index in [4.69, 9.17) is 4.52 Å². The van der Waals surface area contributed by atoms with Crippen molar-refractivity contribution in [3.05, 3.63) is 51.5 Å². The van der Waals surface area contributed by atoms with Gasteiger partial charge in [-0.05, 0) is 32.4 Å². The Morgan fingerprint density at radius 1 is 1.26 bits per heavy atom. The lowest BCUT2D eigenvalue weighted by atomic mass is 10.1. The van der Waals surface area contributed by atoms with Crippen molar-refractivity contribution >= 4 is 31.8 Å². The minimum atomic E-state index is -0.0734. The number of hydrogen-bond donors (Lipinski definition) is 0. The van der Waals surface area contributed by atoms with Gasteiger partial charge < -0.3 is 4.52 Å². The summed E-state index contributed by atoms with van der Waals surface area (Å²) in [6, 6.07) is 3.83. The van der Waals surface area contributed by atoms with Gasteiger partial charge in [0.15, 0.2) is 0 Å². The third-order valence-electron chi connectivity index (χ3n) is 3.75. The van der Waals surface area contributed by atoms with Crippen LogP contribution in [0.15, 0.2) is 27.8 Å². The van der Waals surface area contributed by atoms with Crippen molar-refractivity contribution in [1.29, 1.82) is 0 Å². The lowest BCUT2D eigenvalue weighted by Gasteiger charge is -2.02. The van der Waals surface area contributed by atoms with Gasteiger partial charge in [-0.1, -0.05) is 5.16 Å². The van der Waals surface area contributed by atoms with Crippen molar-refractivity contribution in [3.63, 3.8) is 0 Å². The molecule has 0 aromatic carbocycles. The molecular weight excluding hydrogens is 312 g/mol. The van der Waals surface area contributed by atoms with Crippen molar-refractivity contribution in [2.45, 2.75) is 27.3 Å². The highest BCUT2D eigenvalue weighted by atomic mass is 32.1. The first-order chi connectivity index (χ1) is 11.0. The molecule has 0 radical (unpaired) electrons. The first-order valence-electron chi connectivity index (χ1n) is 7.21. The number of fused-ring (bicyclic) bond motifs is 3. The summed E-state index contributed by atoms with van der Waals surface area (Å²) in [5, 5.41) is 4.90. The van der Waals surface area contributed by atoms with Crippen LogP contribution in [0.2, 0.25) is 0 Å². The quantitative estimate of drug-likeness (QED) is 0.566. The topological polar surface area (TPSA) is 73.8 Å². The highest BCUT2D eigenvalue weighted by molar-refractivity contribution is 7.25. The number of pyridine rings is 1. The van der Waals surface area contributed by atoms with Crippen LogP contribution in [0, 0.1) is 20.8 Å². The zero-order chi connectivity index (χ0) is 16.1. The van der Waals surface area contributed by atoms with Crippen molar-refractivity contribution in [3.8, 4) is 0 Å². The molecule has 0 atom stereocenters. The first kappa shape index (κ1) is 14.1. The number of thiophene rings is 1. The van der Waals surface area contributed by atoms with Crippen LogP contribution >= 0.6 is 11.3 Å². The van der Waals surface area contributed by atoms with Crippen molar-refractivity contribution in [2.75, 3.05) is 0 Å². The summed E-state index contributed by atoms with van der Waals surface area (Å²) in [5.74, 6) is 0.722. The van der Waals surface area contributed by atoms with E-state index in [1.165, 1.54) is 11.3 Å². The molecule has 0 spiro atoms. The van der Waals surface area contributed by atoms with Gasteiger partial charge in [-0.15, -0.1) is 11.3 Å². The molecule has 0 saturated heterocycles. The van der Waals surface area contributed by atoms with E-state index in [2.05, 4.69) is 15.1 Å². The SMILES string of the molecule is Cc1cc(C)c2c(n1)sc1c(=O)n(Cc3cc(C)on3)cnc12. The number of nitrogens with zero attached hydrogens (tertiary/aromatic N) is 4. The Bertz CT molecular complexity index is 1110. The van der Waals surface area contributed by atoms with Crippen LogP contribution in [-0.4, -0.2) is 19.7 Å². The molecule has 0 unspecified atom stereocenters. The van der Waals surface area contributed by atoms with E-state index in [9.17, 15) is 4.79 Å². The largest absolute Gasteiger partial charge is 0.361 e. The summed E-state index contributed by atoms with van der Waals surface area (Å²) in [5.41, 5.74) is 3.40. The van der Waals surface area contributed by atoms with E-state index in [0.29, 0.717) is 16.9 Å². The predicted molar refractivity (Wildman–Crippen MR) is 89.0 cm³/mol. The Labute approximate surface area is 135 Å². The molecule has 0 amide bonds. The molecule has 0 fully saturated rings. The average molecular weight is 326 g/mol. The van der Waals surface area contributed by atoms with Gasteiger partial charge >= 0.3 is 0 Å². The van der Waals surface area contributed by atoms with Gasteiger partial charge in [0.2, 0.25) is 0 Å². The van der Waals surface area contributed by atoms with Crippen LogP contribution in [0.25, 0.3) is 20.4 Å². The lowest BCUT2D eigenvalue weighted by Crippen LogP contribution is -2.20. The van der Waals surface area contributed by atoms with Gasteiger partial charge in [0.1, 0.15) is 21.0 Å². The van der Waals surface area contributed by atoms with Crippen molar-refractivity contribution < 1.29 is 4.52 Å². The summed E-state index contributed by atoms with van der Waals surface area (Å²) in [7, 11) is 0. The summed E-state index contributed by atoms with van der Waals surface area (Å²) in [6.45, 7) is 6.15. The summed E-state index contributed by atoms with van der Waals surface area (Å²) >= 11 is 1.40. The zero-order valence-electron chi connectivity index (χ0n) is 13.0. The Morgan fingerprint density at radius 2 is 2.09 bits per heavy atom. The van der Waals surface area contributed by atoms with E-state index in [-0.39, 0.29) is 5.56 Å². The molecule has 6 nitrogen and oxygen atoms in total. The maximum atomic E-state index is 12.8. The summed E-state index contributed by atoms with van der Waals surface area (Å²) < 4.78 is 7.23. The smallest absolute Gasteiger partial charge is 0.271 e. The minimum Gasteiger partial charge on any atom is -0.361 e. The molecule has 116 valence electrons. The molecule has 0 saturated carbocycles. The van der Waals surface area contributed by atoms with Crippen LogP contribution in [-0.2, 0) is 6.54 Å². The molecule has 0 aliphatic heterocycles. The maximum absolute atomic E-state index is 12.8. The van der Waals surface area contributed by atoms with E-state index in [0.717, 1.165) is 32.8 Å². The number of aromatic nitrogens is 4. The monoisotopic (exact) mass is 326 g/mol. The number of rotatable bonds is 2. The number of hydrogen-bond acceptors (Lipinski definition) is 6. The first-order valence-corrected chi connectivity index (χ1v) is 8.02. The third-order valence-corrected chi connectivity index (χ3v) is 4.81. The van der Waals surface area contributed by atoms with Crippen LogP contribution in [0.4, 0.5) is 0 Å². The molecule has 7 heteroatoms. The van der Waals surface area contributed by atoms with Gasteiger partial charge in [-0.25, -0.2) is 9.97 Å².